The monoisotopic (exact) mass is 344 g/mol. The van der Waals surface area contributed by atoms with Gasteiger partial charge in [-0.15, -0.1) is 11.8 Å². The molecular weight excluding hydrogens is 324 g/mol. The zero-order chi connectivity index (χ0) is 17.4. The molecule has 0 aliphatic rings. The van der Waals surface area contributed by atoms with Gasteiger partial charge in [-0.3, -0.25) is 20.4 Å². The van der Waals surface area contributed by atoms with E-state index in [1.54, 1.807) is 31.2 Å². The first-order valence-corrected chi connectivity index (χ1v) is 8.53. The molecule has 5 nitrogen and oxygen atoms in total. The van der Waals surface area contributed by atoms with Crippen molar-refractivity contribution in [1.82, 2.24) is 10.9 Å². The lowest BCUT2D eigenvalue weighted by atomic mass is 10.2. The van der Waals surface area contributed by atoms with E-state index in [0.29, 0.717) is 17.9 Å². The van der Waals surface area contributed by atoms with Crippen molar-refractivity contribution in [2.45, 2.75) is 24.0 Å². The largest absolute Gasteiger partial charge is 0.494 e. The molecule has 6 heteroatoms. The topological polar surface area (TPSA) is 67.4 Å². The van der Waals surface area contributed by atoms with Gasteiger partial charge in [-0.25, -0.2) is 0 Å². The van der Waals surface area contributed by atoms with Crippen LogP contribution in [0.3, 0.4) is 0 Å². The van der Waals surface area contributed by atoms with Crippen molar-refractivity contribution in [3.8, 4) is 5.75 Å². The molecular formula is C18H20N2O3S. The molecule has 0 saturated heterocycles. The minimum Gasteiger partial charge on any atom is -0.494 e. The highest BCUT2D eigenvalue weighted by molar-refractivity contribution is 8.00. The summed E-state index contributed by atoms with van der Waals surface area (Å²) in [7, 11) is 0. The van der Waals surface area contributed by atoms with Gasteiger partial charge in [-0.2, -0.15) is 0 Å². The minimum absolute atomic E-state index is 0.261. The van der Waals surface area contributed by atoms with Crippen LogP contribution in [0.4, 0.5) is 0 Å². The van der Waals surface area contributed by atoms with Crippen LogP contribution >= 0.6 is 11.8 Å². The van der Waals surface area contributed by atoms with Gasteiger partial charge in [0.1, 0.15) is 5.75 Å². The van der Waals surface area contributed by atoms with Crippen molar-refractivity contribution in [2.24, 2.45) is 0 Å². The van der Waals surface area contributed by atoms with Gasteiger partial charge < -0.3 is 4.74 Å². The highest BCUT2D eigenvalue weighted by atomic mass is 32.2. The number of amides is 2. The number of carbonyl (C=O) groups excluding carboxylic acids is 2. The zero-order valence-corrected chi connectivity index (χ0v) is 14.4. The molecule has 2 amide bonds. The molecule has 0 aromatic heterocycles. The summed E-state index contributed by atoms with van der Waals surface area (Å²) in [6.45, 7) is 4.25. The van der Waals surface area contributed by atoms with E-state index < -0.39 is 0 Å². The molecule has 0 aliphatic heterocycles. The van der Waals surface area contributed by atoms with Gasteiger partial charge in [-0.05, 0) is 50.2 Å². The van der Waals surface area contributed by atoms with Crippen LogP contribution in [0.1, 0.15) is 24.2 Å². The molecule has 0 saturated carbocycles. The Kier molecular flexibility index (Phi) is 6.69. The number of benzene rings is 2. The van der Waals surface area contributed by atoms with Crippen molar-refractivity contribution >= 4 is 23.6 Å². The predicted molar refractivity (Wildman–Crippen MR) is 95.0 cm³/mol. The molecule has 1 atom stereocenters. The number of thioether (sulfide) groups is 1. The second-order valence-corrected chi connectivity index (χ2v) is 6.39. The highest BCUT2D eigenvalue weighted by Crippen LogP contribution is 2.22. The first-order chi connectivity index (χ1) is 11.6. The van der Waals surface area contributed by atoms with Gasteiger partial charge in [0, 0.05) is 10.5 Å². The van der Waals surface area contributed by atoms with Gasteiger partial charge in [0.25, 0.3) is 11.8 Å². The maximum atomic E-state index is 12.1. The van der Waals surface area contributed by atoms with E-state index in [-0.39, 0.29) is 17.1 Å². The van der Waals surface area contributed by atoms with E-state index in [4.69, 9.17) is 4.74 Å². The smallest absolute Gasteiger partial charge is 0.269 e. The second-order valence-electron chi connectivity index (χ2n) is 4.97. The van der Waals surface area contributed by atoms with Gasteiger partial charge in [0.05, 0.1) is 11.9 Å². The van der Waals surface area contributed by atoms with Crippen LogP contribution in [0.5, 0.6) is 5.75 Å². The standard InChI is InChI=1S/C18H20N2O3S/c1-3-23-15-11-9-14(10-12-15)18(22)20-19-17(21)13(2)24-16-7-5-4-6-8-16/h4-13H,3H2,1-2H3,(H,19,21)(H,20,22). The molecule has 0 aliphatic carbocycles. The van der Waals surface area contributed by atoms with Gasteiger partial charge in [0.2, 0.25) is 0 Å². The Balaban J connectivity index is 1.83. The Morgan fingerprint density at radius 3 is 2.33 bits per heavy atom. The Labute approximate surface area is 145 Å². The maximum Gasteiger partial charge on any atom is 0.269 e. The lowest BCUT2D eigenvalue weighted by molar-refractivity contribution is -0.121. The van der Waals surface area contributed by atoms with Crippen molar-refractivity contribution in [3.05, 3.63) is 60.2 Å². The molecule has 0 bridgehead atoms. The Bertz CT molecular complexity index is 674. The summed E-state index contributed by atoms with van der Waals surface area (Å²) < 4.78 is 5.32. The first kappa shape index (κ1) is 17.9. The van der Waals surface area contributed by atoms with Crippen LogP contribution in [0.2, 0.25) is 0 Å². The second kappa shape index (κ2) is 8.98. The first-order valence-electron chi connectivity index (χ1n) is 7.65. The van der Waals surface area contributed by atoms with Crippen LogP contribution < -0.4 is 15.6 Å². The van der Waals surface area contributed by atoms with Crippen molar-refractivity contribution < 1.29 is 14.3 Å². The third-order valence-electron chi connectivity index (χ3n) is 3.15. The average Bonchev–Trinajstić information content (AvgIpc) is 2.61. The number of rotatable bonds is 6. The molecule has 0 heterocycles. The predicted octanol–water partition coefficient (Wildman–Crippen LogP) is 3.03. The summed E-state index contributed by atoms with van der Waals surface area (Å²) in [5, 5.41) is -0.326. The van der Waals surface area contributed by atoms with Crippen LogP contribution in [-0.4, -0.2) is 23.7 Å². The number of hydrogen-bond acceptors (Lipinski definition) is 4. The Morgan fingerprint density at radius 1 is 1.04 bits per heavy atom. The zero-order valence-electron chi connectivity index (χ0n) is 13.6. The van der Waals surface area contributed by atoms with Gasteiger partial charge in [-0.1, -0.05) is 18.2 Å². The highest BCUT2D eigenvalue weighted by Gasteiger charge is 2.15. The third-order valence-corrected chi connectivity index (χ3v) is 4.26. The van der Waals surface area contributed by atoms with Crippen LogP contribution in [0.25, 0.3) is 0 Å². The molecule has 0 radical (unpaired) electrons. The number of carbonyl (C=O) groups is 2. The molecule has 24 heavy (non-hydrogen) atoms. The fourth-order valence-corrected chi connectivity index (χ4v) is 2.81. The minimum atomic E-state index is -0.372. The normalized spacial score (nSPS) is 11.4. The van der Waals surface area contributed by atoms with Gasteiger partial charge >= 0.3 is 0 Å². The van der Waals surface area contributed by atoms with E-state index in [1.807, 2.05) is 37.3 Å². The third kappa shape index (κ3) is 5.31. The van der Waals surface area contributed by atoms with E-state index in [0.717, 1.165) is 4.90 Å². The summed E-state index contributed by atoms with van der Waals surface area (Å²) in [6.07, 6.45) is 0. The molecule has 1 unspecified atom stereocenters. The molecule has 0 fully saturated rings. The van der Waals surface area contributed by atoms with E-state index in [9.17, 15) is 9.59 Å². The molecule has 2 rings (SSSR count). The van der Waals surface area contributed by atoms with Crippen LogP contribution in [0.15, 0.2) is 59.5 Å². The number of ether oxygens (including phenoxy) is 1. The van der Waals surface area contributed by atoms with Crippen LogP contribution in [-0.2, 0) is 4.79 Å². The number of nitrogens with one attached hydrogen (secondary N) is 2. The van der Waals surface area contributed by atoms with Gasteiger partial charge in [0.15, 0.2) is 0 Å². The summed E-state index contributed by atoms with van der Waals surface area (Å²) >= 11 is 1.43. The van der Waals surface area contributed by atoms with Crippen molar-refractivity contribution in [2.75, 3.05) is 6.61 Å². The summed E-state index contributed by atoms with van der Waals surface area (Å²) in [5.41, 5.74) is 5.32. The summed E-state index contributed by atoms with van der Waals surface area (Å²) in [6, 6.07) is 16.4. The fourth-order valence-electron chi connectivity index (χ4n) is 1.92. The molecule has 0 spiro atoms. The lowest BCUT2D eigenvalue weighted by Gasteiger charge is -2.13. The summed E-state index contributed by atoms with van der Waals surface area (Å²) in [4.78, 5) is 25.1. The van der Waals surface area contributed by atoms with Crippen LogP contribution in [0, 0.1) is 0 Å². The molecule has 2 aromatic carbocycles. The number of hydrazine groups is 1. The van der Waals surface area contributed by atoms with E-state index in [1.165, 1.54) is 11.8 Å². The van der Waals surface area contributed by atoms with Crippen molar-refractivity contribution in [3.63, 3.8) is 0 Å². The Morgan fingerprint density at radius 2 is 1.71 bits per heavy atom. The fraction of sp³-hybridized carbons (Fsp3) is 0.222. The molecule has 2 aromatic rings. The SMILES string of the molecule is CCOc1ccc(C(=O)NNC(=O)C(C)Sc2ccccc2)cc1. The quantitative estimate of drug-likeness (QED) is 0.624. The Hall–Kier alpha value is -2.47. The molecule has 126 valence electrons. The van der Waals surface area contributed by atoms with Crippen molar-refractivity contribution in [1.29, 1.82) is 0 Å². The average molecular weight is 344 g/mol. The molecule has 2 N–H and O–H groups in total. The van der Waals surface area contributed by atoms with E-state index >= 15 is 0 Å². The summed E-state index contributed by atoms with van der Waals surface area (Å²) in [5.74, 6) is 0.0671. The maximum absolute atomic E-state index is 12.1. The lowest BCUT2D eigenvalue weighted by Crippen LogP contribution is -2.44. The van der Waals surface area contributed by atoms with E-state index in [2.05, 4.69) is 10.9 Å². The number of hydrogen-bond donors (Lipinski definition) is 2.